The van der Waals surface area contributed by atoms with Gasteiger partial charge in [0.2, 0.25) is 0 Å². The number of nitrogens with one attached hydrogen (secondary N) is 1. The maximum absolute atomic E-state index is 12.0. The fourth-order valence-electron chi connectivity index (χ4n) is 1.75. The molecule has 0 heterocycles. The molecule has 0 aliphatic carbocycles. The quantitative estimate of drug-likeness (QED) is 0.772. The van der Waals surface area contributed by atoms with Gasteiger partial charge in [-0.3, -0.25) is 4.79 Å². The summed E-state index contributed by atoms with van der Waals surface area (Å²) in [6, 6.07) is 5.85. The van der Waals surface area contributed by atoms with Gasteiger partial charge >= 0.3 is 5.97 Å². The Morgan fingerprint density at radius 3 is 2.33 bits per heavy atom. The van der Waals surface area contributed by atoms with E-state index in [1.54, 1.807) is 24.3 Å². The van der Waals surface area contributed by atoms with Crippen molar-refractivity contribution >= 4 is 11.9 Å². The van der Waals surface area contributed by atoms with E-state index in [2.05, 4.69) is 19.2 Å². The molecule has 21 heavy (non-hydrogen) atoms. The van der Waals surface area contributed by atoms with Crippen LogP contribution in [-0.2, 0) is 4.79 Å². The zero-order chi connectivity index (χ0) is 15.8. The van der Waals surface area contributed by atoms with Gasteiger partial charge in [0.15, 0.2) is 0 Å². The third-order valence-corrected chi connectivity index (χ3v) is 2.88. The molecule has 1 amide bonds. The van der Waals surface area contributed by atoms with E-state index in [1.807, 2.05) is 6.92 Å². The van der Waals surface area contributed by atoms with E-state index in [4.69, 9.17) is 9.84 Å². The zero-order valence-electron chi connectivity index (χ0n) is 12.8. The van der Waals surface area contributed by atoms with Crippen LogP contribution in [0.3, 0.4) is 0 Å². The highest BCUT2D eigenvalue weighted by atomic mass is 16.5. The van der Waals surface area contributed by atoms with E-state index in [-0.39, 0.29) is 5.91 Å². The summed E-state index contributed by atoms with van der Waals surface area (Å²) < 4.78 is 5.53. The number of hydrogen-bond donors (Lipinski definition) is 2. The second kappa shape index (κ2) is 8.29. The summed E-state index contributed by atoms with van der Waals surface area (Å²) in [4.78, 5) is 23.0. The minimum Gasteiger partial charge on any atom is -0.493 e. The molecule has 0 bridgehead atoms. The molecule has 1 aromatic rings. The molecule has 0 saturated heterocycles. The first-order valence-electron chi connectivity index (χ1n) is 7.20. The molecule has 0 aliphatic heterocycles. The Balaban J connectivity index is 2.63. The van der Waals surface area contributed by atoms with E-state index in [0.717, 1.165) is 0 Å². The Hall–Kier alpha value is -2.04. The van der Waals surface area contributed by atoms with Crippen LogP contribution in [0.15, 0.2) is 24.3 Å². The van der Waals surface area contributed by atoms with Crippen molar-refractivity contribution in [3.8, 4) is 5.75 Å². The smallest absolute Gasteiger partial charge is 0.326 e. The molecular weight excluding hydrogens is 270 g/mol. The number of carbonyl (C=O) groups excluding carboxylic acids is 1. The van der Waals surface area contributed by atoms with Crippen molar-refractivity contribution in [1.29, 1.82) is 0 Å². The Morgan fingerprint density at radius 1 is 1.24 bits per heavy atom. The first kappa shape index (κ1) is 17.0. The van der Waals surface area contributed by atoms with Gasteiger partial charge in [-0.25, -0.2) is 4.79 Å². The van der Waals surface area contributed by atoms with Crippen molar-refractivity contribution in [3.63, 3.8) is 0 Å². The molecule has 0 saturated carbocycles. The normalized spacial score (nSPS) is 12.0. The highest BCUT2D eigenvalue weighted by Gasteiger charge is 2.19. The molecule has 2 N–H and O–H groups in total. The lowest BCUT2D eigenvalue weighted by Crippen LogP contribution is -2.40. The Bertz CT molecular complexity index is 468. The molecule has 1 rings (SSSR count). The first-order valence-corrected chi connectivity index (χ1v) is 7.20. The van der Waals surface area contributed by atoms with Crippen molar-refractivity contribution in [2.24, 2.45) is 5.92 Å². The molecule has 0 radical (unpaired) electrons. The number of carbonyl (C=O) groups is 2. The summed E-state index contributed by atoms with van der Waals surface area (Å²) in [5.41, 5.74) is 0.425. The van der Waals surface area contributed by atoms with Crippen molar-refractivity contribution in [1.82, 2.24) is 5.32 Å². The number of hydrogen-bond acceptors (Lipinski definition) is 3. The van der Waals surface area contributed by atoms with Crippen LogP contribution in [0.25, 0.3) is 0 Å². The molecule has 0 unspecified atom stereocenters. The van der Waals surface area contributed by atoms with Crippen LogP contribution in [0.4, 0.5) is 0 Å². The van der Waals surface area contributed by atoms with Crippen LogP contribution in [0.2, 0.25) is 0 Å². The molecule has 0 aliphatic rings. The van der Waals surface area contributed by atoms with E-state index >= 15 is 0 Å². The van der Waals surface area contributed by atoms with Crippen LogP contribution in [0.5, 0.6) is 5.75 Å². The third-order valence-electron chi connectivity index (χ3n) is 2.88. The molecule has 0 spiro atoms. The van der Waals surface area contributed by atoms with Crippen molar-refractivity contribution in [3.05, 3.63) is 29.8 Å². The maximum atomic E-state index is 12.0. The molecule has 116 valence electrons. The van der Waals surface area contributed by atoms with Gasteiger partial charge in [0.1, 0.15) is 11.8 Å². The molecule has 1 atom stereocenters. The van der Waals surface area contributed by atoms with Gasteiger partial charge < -0.3 is 15.2 Å². The highest BCUT2D eigenvalue weighted by Crippen LogP contribution is 2.13. The van der Waals surface area contributed by atoms with E-state index in [9.17, 15) is 9.59 Å². The molecule has 5 heteroatoms. The van der Waals surface area contributed by atoms with Crippen LogP contribution in [-0.4, -0.2) is 29.6 Å². The van der Waals surface area contributed by atoms with Gasteiger partial charge in [-0.2, -0.15) is 0 Å². The number of carboxylic acid groups (broad SMARTS) is 1. The van der Waals surface area contributed by atoms with Gasteiger partial charge in [-0.15, -0.1) is 0 Å². The number of benzene rings is 1. The van der Waals surface area contributed by atoms with E-state index < -0.39 is 12.0 Å². The average Bonchev–Trinajstić information content (AvgIpc) is 2.45. The van der Waals surface area contributed by atoms with Gasteiger partial charge in [0.25, 0.3) is 5.91 Å². The molecule has 0 aromatic heterocycles. The van der Waals surface area contributed by atoms with Gasteiger partial charge in [0, 0.05) is 5.56 Å². The molecule has 1 aromatic carbocycles. The van der Waals surface area contributed by atoms with Crippen LogP contribution < -0.4 is 10.1 Å². The number of carboxylic acids is 1. The lowest BCUT2D eigenvalue weighted by Gasteiger charge is -2.14. The zero-order valence-corrected chi connectivity index (χ0v) is 12.8. The maximum Gasteiger partial charge on any atom is 0.326 e. The molecular formula is C16H23NO4. The topological polar surface area (TPSA) is 75.6 Å². The van der Waals surface area contributed by atoms with Crippen molar-refractivity contribution in [2.75, 3.05) is 6.61 Å². The molecule has 0 fully saturated rings. The lowest BCUT2D eigenvalue weighted by atomic mass is 10.1. The predicted octanol–water partition coefficient (Wildman–Crippen LogP) is 2.70. The summed E-state index contributed by atoms with van der Waals surface area (Å²) in [6.45, 7) is 6.61. The van der Waals surface area contributed by atoms with Crippen molar-refractivity contribution in [2.45, 2.75) is 39.7 Å². The van der Waals surface area contributed by atoms with Gasteiger partial charge in [0.05, 0.1) is 6.61 Å². The second-order valence-electron chi connectivity index (χ2n) is 5.38. The summed E-state index contributed by atoms with van der Waals surface area (Å²) >= 11 is 0. The number of ether oxygens (including phenoxy) is 1. The monoisotopic (exact) mass is 293 g/mol. The fourth-order valence-corrected chi connectivity index (χ4v) is 1.75. The Kier molecular flexibility index (Phi) is 6.72. The van der Waals surface area contributed by atoms with Crippen LogP contribution in [0.1, 0.15) is 44.0 Å². The summed E-state index contributed by atoms with van der Waals surface area (Å²) in [6.07, 6.45) is 1.11. The Labute approximate surface area is 125 Å². The van der Waals surface area contributed by atoms with E-state index in [1.165, 1.54) is 0 Å². The lowest BCUT2D eigenvalue weighted by molar-refractivity contribution is -0.139. The SMILES string of the molecule is CCC[C@H](NC(=O)c1ccc(OCC(C)C)cc1)C(=O)O. The minimum atomic E-state index is -1.01. The van der Waals surface area contributed by atoms with Gasteiger partial charge in [-0.05, 0) is 36.6 Å². The largest absolute Gasteiger partial charge is 0.493 e. The Morgan fingerprint density at radius 2 is 1.86 bits per heavy atom. The first-order chi connectivity index (χ1) is 9.93. The highest BCUT2D eigenvalue weighted by molar-refractivity contribution is 5.96. The average molecular weight is 293 g/mol. The standard InChI is InChI=1S/C16H23NO4/c1-4-5-14(16(19)20)17-15(18)12-6-8-13(9-7-12)21-10-11(2)3/h6-9,11,14H,4-5,10H2,1-3H3,(H,17,18)(H,19,20)/t14-/m0/s1. The number of aliphatic carboxylic acids is 1. The summed E-state index contributed by atoms with van der Waals surface area (Å²) in [5, 5.41) is 11.6. The molecule has 5 nitrogen and oxygen atoms in total. The second-order valence-corrected chi connectivity index (χ2v) is 5.38. The predicted molar refractivity (Wildman–Crippen MR) is 80.6 cm³/mol. The fraction of sp³-hybridized carbons (Fsp3) is 0.500. The van der Waals surface area contributed by atoms with Gasteiger partial charge in [-0.1, -0.05) is 27.2 Å². The minimum absolute atomic E-state index is 0.383. The van der Waals surface area contributed by atoms with Crippen LogP contribution >= 0.6 is 0 Å². The van der Waals surface area contributed by atoms with E-state index in [0.29, 0.717) is 36.7 Å². The number of rotatable bonds is 8. The summed E-state index contributed by atoms with van der Waals surface area (Å²) in [5.74, 6) is -0.268. The summed E-state index contributed by atoms with van der Waals surface area (Å²) in [7, 11) is 0. The van der Waals surface area contributed by atoms with Crippen molar-refractivity contribution < 1.29 is 19.4 Å². The number of amides is 1. The third kappa shape index (κ3) is 5.85. The van der Waals surface area contributed by atoms with Crippen LogP contribution in [0, 0.1) is 5.92 Å².